The summed E-state index contributed by atoms with van der Waals surface area (Å²) in [6.07, 6.45) is 3.60. The van der Waals surface area contributed by atoms with E-state index in [2.05, 4.69) is 34.0 Å². The molecule has 0 saturated heterocycles. The number of fused-ring (bicyclic) bond motifs is 1. The number of β-amino-alcohol motifs (C(OH)–C–C–N with tert-alkyl or cyclic N) is 1. The fourth-order valence-electron chi connectivity index (χ4n) is 3.73. The third-order valence-corrected chi connectivity index (χ3v) is 5.46. The van der Waals surface area contributed by atoms with E-state index in [9.17, 15) is 5.11 Å². The molecule has 0 aliphatic heterocycles. The van der Waals surface area contributed by atoms with E-state index in [1.807, 2.05) is 54.7 Å². The molecule has 34 heavy (non-hydrogen) atoms. The summed E-state index contributed by atoms with van der Waals surface area (Å²) in [4.78, 5) is 10.7. The Balaban J connectivity index is 1.27. The Hall–Kier alpha value is -3.86. The highest BCUT2D eigenvalue weighted by Gasteiger charge is 2.20. The van der Waals surface area contributed by atoms with Gasteiger partial charge in [0.25, 0.3) is 0 Å². The largest absolute Gasteiger partial charge is 0.490 e. The minimum Gasteiger partial charge on any atom is -0.490 e. The Labute approximate surface area is 199 Å². The predicted molar refractivity (Wildman–Crippen MR) is 133 cm³/mol. The molecule has 0 amide bonds. The third kappa shape index (κ3) is 5.93. The number of pyridine rings is 1. The number of aromatic amines is 1. The highest BCUT2D eigenvalue weighted by molar-refractivity contribution is 5.85. The molecule has 0 bridgehead atoms. The molecule has 0 saturated carbocycles. The van der Waals surface area contributed by atoms with E-state index in [0.29, 0.717) is 23.9 Å². The van der Waals surface area contributed by atoms with Gasteiger partial charge in [0, 0.05) is 35.4 Å². The normalized spacial score (nSPS) is 12.3. The van der Waals surface area contributed by atoms with Crippen molar-refractivity contribution in [3.63, 3.8) is 0 Å². The van der Waals surface area contributed by atoms with E-state index in [1.165, 1.54) is 0 Å². The molecule has 0 radical (unpaired) electrons. The molecule has 3 N–H and O–H groups in total. The van der Waals surface area contributed by atoms with Gasteiger partial charge in [-0.1, -0.05) is 24.3 Å². The lowest BCUT2D eigenvalue weighted by atomic mass is 9.94. The number of rotatable bonds is 10. The van der Waals surface area contributed by atoms with Crippen molar-refractivity contribution in [2.45, 2.75) is 31.9 Å². The molecule has 4 rings (SSSR count). The smallest absolute Gasteiger partial charge is 0.247 e. The predicted octanol–water partition coefficient (Wildman–Crippen LogP) is 5.26. The second-order valence-electron chi connectivity index (χ2n) is 8.79. The Morgan fingerprint density at radius 2 is 1.94 bits per heavy atom. The molecule has 2 heterocycles. The zero-order valence-electron chi connectivity index (χ0n) is 19.3. The van der Waals surface area contributed by atoms with Crippen molar-refractivity contribution in [3.8, 4) is 17.4 Å². The summed E-state index contributed by atoms with van der Waals surface area (Å²) in [5.41, 5.74) is 2.28. The molecule has 2 aromatic carbocycles. The number of aliphatic hydroxyl groups excluding tert-OH is 1. The number of aliphatic hydroxyl groups is 1. The van der Waals surface area contributed by atoms with Crippen molar-refractivity contribution in [1.29, 1.82) is 0 Å². The number of aromatic nitrogens is 2. The summed E-state index contributed by atoms with van der Waals surface area (Å²) < 4.78 is 11.6. The molecule has 0 aliphatic rings. The summed E-state index contributed by atoms with van der Waals surface area (Å²) in [6, 6.07) is 18.9. The monoisotopic (exact) mass is 456 g/mol. The van der Waals surface area contributed by atoms with E-state index in [4.69, 9.17) is 16.0 Å². The van der Waals surface area contributed by atoms with E-state index in [1.54, 1.807) is 18.3 Å². The second-order valence-corrected chi connectivity index (χ2v) is 8.79. The van der Waals surface area contributed by atoms with Crippen LogP contribution in [0, 0.1) is 6.57 Å². The fraction of sp³-hybridized carbons (Fsp3) is 0.259. The van der Waals surface area contributed by atoms with Gasteiger partial charge in [-0.25, -0.2) is 9.83 Å². The second kappa shape index (κ2) is 10.4. The number of hydrogen-bond acceptors (Lipinski definition) is 5. The Bertz CT molecular complexity index is 1280. The summed E-state index contributed by atoms with van der Waals surface area (Å²) in [5.74, 6) is 1.69. The molecule has 174 valence electrons. The number of nitrogens with zero attached hydrogens (tertiary/aromatic N) is 2. The van der Waals surface area contributed by atoms with Gasteiger partial charge in [0.1, 0.15) is 24.2 Å². The van der Waals surface area contributed by atoms with E-state index < -0.39 is 6.10 Å². The lowest BCUT2D eigenvalue weighted by Crippen LogP contribution is -2.46. The van der Waals surface area contributed by atoms with Crippen LogP contribution < -0.4 is 14.8 Å². The van der Waals surface area contributed by atoms with Crippen molar-refractivity contribution in [2.75, 3.05) is 13.2 Å². The van der Waals surface area contributed by atoms with Gasteiger partial charge >= 0.3 is 0 Å². The SMILES string of the molecule is [C-]#[N+]c1cccnc1Oc1ccc(CC(C)(C)NCC(O)COc2cccc3[nH]ccc23)cc1. The van der Waals surface area contributed by atoms with Crippen LogP contribution in [0.5, 0.6) is 17.4 Å². The van der Waals surface area contributed by atoms with Gasteiger partial charge < -0.3 is 24.9 Å². The average molecular weight is 457 g/mol. The minimum absolute atomic E-state index is 0.208. The molecule has 1 unspecified atom stereocenters. The van der Waals surface area contributed by atoms with Gasteiger partial charge in [-0.2, -0.15) is 0 Å². The lowest BCUT2D eigenvalue weighted by molar-refractivity contribution is 0.0996. The Morgan fingerprint density at radius 1 is 1.12 bits per heavy atom. The number of hydrogen-bond donors (Lipinski definition) is 3. The zero-order chi connectivity index (χ0) is 24.0. The van der Waals surface area contributed by atoms with Crippen LogP contribution in [0.25, 0.3) is 15.7 Å². The fourth-order valence-corrected chi connectivity index (χ4v) is 3.73. The van der Waals surface area contributed by atoms with Crippen LogP contribution in [0.4, 0.5) is 5.69 Å². The third-order valence-electron chi connectivity index (χ3n) is 5.46. The molecule has 2 aromatic heterocycles. The standard InChI is InChI=1S/C27H28N4O3/c1-27(2,31-17-20(32)18-33-25-8-4-6-23-22(25)13-15-29-23)16-19-9-11-21(12-10-19)34-26-24(28-3)7-5-14-30-26/h4-15,20,29,31-32H,16-18H2,1-2H3. The van der Waals surface area contributed by atoms with Crippen molar-refractivity contribution in [1.82, 2.24) is 15.3 Å². The molecule has 7 nitrogen and oxygen atoms in total. The topological polar surface area (TPSA) is 83.8 Å². The van der Waals surface area contributed by atoms with Gasteiger partial charge in [0.15, 0.2) is 0 Å². The number of benzene rings is 2. The van der Waals surface area contributed by atoms with Gasteiger partial charge in [-0.3, -0.25) is 0 Å². The van der Waals surface area contributed by atoms with Gasteiger partial charge in [-0.05, 0) is 62.2 Å². The van der Waals surface area contributed by atoms with Crippen molar-refractivity contribution in [2.24, 2.45) is 0 Å². The van der Waals surface area contributed by atoms with Crippen LogP contribution in [-0.2, 0) is 6.42 Å². The van der Waals surface area contributed by atoms with Crippen LogP contribution in [0.15, 0.2) is 73.1 Å². The first-order chi connectivity index (χ1) is 16.4. The van der Waals surface area contributed by atoms with E-state index >= 15 is 0 Å². The first kappa shape index (κ1) is 23.3. The molecule has 0 fully saturated rings. The number of nitrogens with one attached hydrogen (secondary N) is 2. The van der Waals surface area contributed by atoms with Crippen molar-refractivity contribution >= 4 is 16.6 Å². The van der Waals surface area contributed by atoms with Gasteiger partial charge in [0.05, 0.1) is 6.57 Å². The highest BCUT2D eigenvalue weighted by atomic mass is 16.5. The zero-order valence-corrected chi connectivity index (χ0v) is 19.3. The molecule has 4 aromatic rings. The number of ether oxygens (including phenoxy) is 2. The van der Waals surface area contributed by atoms with Crippen LogP contribution in [0.1, 0.15) is 19.4 Å². The summed E-state index contributed by atoms with van der Waals surface area (Å²) in [6.45, 7) is 12.0. The van der Waals surface area contributed by atoms with Crippen molar-refractivity contribution in [3.05, 3.63) is 90.0 Å². The van der Waals surface area contributed by atoms with Crippen LogP contribution in [0.2, 0.25) is 0 Å². The molecular weight excluding hydrogens is 428 g/mol. The first-order valence-electron chi connectivity index (χ1n) is 11.1. The Kier molecular flexibility index (Phi) is 7.12. The van der Waals surface area contributed by atoms with Crippen LogP contribution in [-0.4, -0.2) is 39.9 Å². The quantitative estimate of drug-likeness (QED) is 0.284. The van der Waals surface area contributed by atoms with Gasteiger partial charge in [0.2, 0.25) is 11.6 Å². The maximum Gasteiger partial charge on any atom is 0.247 e. The van der Waals surface area contributed by atoms with E-state index in [-0.39, 0.29) is 12.1 Å². The maximum absolute atomic E-state index is 10.4. The molecular formula is C27H28N4O3. The van der Waals surface area contributed by atoms with Gasteiger partial charge in [-0.15, -0.1) is 0 Å². The molecule has 1 atom stereocenters. The minimum atomic E-state index is -0.640. The summed E-state index contributed by atoms with van der Waals surface area (Å²) in [7, 11) is 0. The summed E-state index contributed by atoms with van der Waals surface area (Å²) in [5, 5.41) is 14.9. The van der Waals surface area contributed by atoms with Crippen LogP contribution in [0.3, 0.4) is 0 Å². The van der Waals surface area contributed by atoms with Crippen molar-refractivity contribution < 1.29 is 14.6 Å². The van der Waals surface area contributed by atoms with E-state index in [0.717, 1.165) is 28.6 Å². The molecule has 0 aliphatic carbocycles. The Morgan fingerprint density at radius 3 is 2.74 bits per heavy atom. The molecule has 0 spiro atoms. The van der Waals surface area contributed by atoms with Crippen LogP contribution >= 0.6 is 0 Å². The highest BCUT2D eigenvalue weighted by Crippen LogP contribution is 2.29. The average Bonchev–Trinajstić information content (AvgIpc) is 3.32. The summed E-state index contributed by atoms with van der Waals surface area (Å²) >= 11 is 0. The molecule has 7 heteroatoms. The lowest BCUT2D eigenvalue weighted by Gasteiger charge is -2.28. The maximum atomic E-state index is 10.4. The first-order valence-corrected chi connectivity index (χ1v) is 11.1. The number of H-pyrrole nitrogens is 1.